The first-order chi connectivity index (χ1) is 14.6. The summed E-state index contributed by atoms with van der Waals surface area (Å²) in [7, 11) is 0. The number of hydrogen-bond acceptors (Lipinski definition) is 4. The van der Waals surface area contributed by atoms with Crippen LogP contribution in [0.5, 0.6) is 0 Å². The zero-order valence-electron chi connectivity index (χ0n) is 16.0. The van der Waals surface area contributed by atoms with Crippen LogP contribution in [0.15, 0.2) is 77.9 Å². The molecule has 0 saturated heterocycles. The minimum absolute atomic E-state index is 0.0457. The summed E-state index contributed by atoms with van der Waals surface area (Å²) < 4.78 is 1.66. The second kappa shape index (κ2) is 8.44. The number of carbonyl (C=O) groups is 2. The van der Waals surface area contributed by atoms with E-state index >= 15 is 0 Å². The van der Waals surface area contributed by atoms with E-state index in [1.807, 2.05) is 30.3 Å². The first kappa shape index (κ1) is 19.1. The van der Waals surface area contributed by atoms with Crippen molar-refractivity contribution in [2.24, 2.45) is 0 Å². The number of anilines is 1. The van der Waals surface area contributed by atoms with E-state index in [9.17, 15) is 14.4 Å². The van der Waals surface area contributed by atoms with Crippen LogP contribution in [-0.4, -0.2) is 33.1 Å². The molecule has 0 radical (unpaired) electrons. The van der Waals surface area contributed by atoms with E-state index in [1.165, 1.54) is 6.20 Å². The first-order valence-corrected chi connectivity index (χ1v) is 9.36. The predicted molar refractivity (Wildman–Crippen MR) is 113 cm³/mol. The van der Waals surface area contributed by atoms with E-state index in [0.717, 1.165) is 5.56 Å². The number of hydrogen-bond donors (Lipinski definition) is 3. The fourth-order valence-corrected chi connectivity index (χ4v) is 3.10. The summed E-state index contributed by atoms with van der Waals surface area (Å²) in [4.78, 5) is 40.1. The van der Waals surface area contributed by atoms with E-state index in [2.05, 4.69) is 20.7 Å². The Kier molecular flexibility index (Phi) is 5.38. The second-order valence-corrected chi connectivity index (χ2v) is 6.67. The van der Waals surface area contributed by atoms with Crippen molar-refractivity contribution in [1.82, 2.24) is 20.1 Å². The number of aromatic amines is 1. The van der Waals surface area contributed by atoms with Gasteiger partial charge >= 0.3 is 0 Å². The molecule has 30 heavy (non-hydrogen) atoms. The number of H-pyrrole nitrogens is 1. The highest BCUT2D eigenvalue weighted by molar-refractivity contribution is 6.00. The number of fused-ring (bicyclic) bond motifs is 1. The highest BCUT2D eigenvalue weighted by atomic mass is 16.2. The Labute approximate surface area is 171 Å². The smallest absolute Gasteiger partial charge is 0.257 e. The Balaban J connectivity index is 1.39. The lowest BCUT2D eigenvalue weighted by atomic mass is 10.1. The van der Waals surface area contributed by atoms with Gasteiger partial charge in [0.1, 0.15) is 11.4 Å². The molecule has 0 aliphatic rings. The SMILES string of the molecule is O=C(CNC(=O)c1c[nH]c2ccccc2c1=O)Nc1ccnn1Cc1ccccc1. The second-order valence-electron chi connectivity index (χ2n) is 6.67. The van der Waals surface area contributed by atoms with Gasteiger partial charge in [-0.05, 0) is 17.7 Å². The normalized spacial score (nSPS) is 10.7. The summed E-state index contributed by atoms with van der Waals surface area (Å²) in [6.45, 7) is 0.226. The van der Waals surface area contributed by atoms with Crippen LogP contribution >= 0.6 is 0 Å². The number of carbonyl (C=O) groups excluding carboxylic acids is 2. The maximum Gasteiger partial charge on any atom is 0.257 e. The number of rotatable bonds is 6. The van der Waals surface area contributed by atoms with Crippen molar-refractivity contribution < 1.29 is 9.59 Å². The Hall–Kier alpha value is -4.20. The summed E-state index contributed by atoms with van der Waals surface area (Å²) in [6, 6.07) is 18.3. The minimum atomic E-state index is -0.616. The highest BCUT2D eigenvalue weighted by Crippen LogP contribution is 2.10. The number of para-hydroxylation sites is 1. The minimum Gasteiger partial charge on any atom is -0.360 e. The molecule has 4 rings (SSSR count). The van der Waals surface area contributed by atoms with E-state index in [4.69, 9.17) is 0 Å². The molecular formula is C22H19N5O3. The molecular weight excluding hydrogens is 382 g/mol. The van der Waals surface area contributed by atoms with Crippen LogP contribution in [0, 0.1) is 0 Å². The molecule has 2 aromatic carbocycles. The van der Waals surface area contributed by atoms with Crippen LogP contribution < -0.4 is 16.1 Å². The first-order valence-electron chi connectivity index (χ1n) is 9.36. The molecule has 0 unspecified atom stereocenters. The third-order valence-corrected chi connectivity index (χ3v) is 4.60. The van der Waals surface area contributed by atoms with Gasteiger partial charge in [0, 0.05) is 23.2 Å². The van der Waals surface area contributed by atoms with Crippen LogP contribution in [0.3, 0.4) is 0 Å². The quantitative estimate of drug-likeness (QED) is 0.460. The maximum atomic E-state index is 12.5. The zero-order valence-corrected chi connectivity index (χ0v) is 16.0. The maximum absolute atomic E-state index is 12.5. The number of aromatic nitrogens is 3. The number of benzene rings is 2. The monoisotopic (exact) mass is 401 g/mol. The van der Waals surface area contributed by atoms with Crippen LogP contribution in [-0.2, 0) is 11.3 Å². The molecule has 0 spiro atoms. The average Bonchev–Trinajstić information content (AvgIpc) is 3.19. The van der Waals surface area contributed by atoms with Gasteiger partial charge in [0.2, 0.25) is 11.3 Å². The van der Waals surface area contributed by atoms with Crippen molar-refractivity contribution in [3.63, 3.8) is 0 Å². The predicted octanol–water partition coefficient (Wildman–Crippen LogP) is 2.14. The summed E-state index contributed by atoms with van der Waals surface area (Å²) >= 11 is 0. The Bertz CT molecular complexity index is 1260. The van der Waals surface area contributed by atoms with Gasteiger partial charge < -0.3 is 15.6 Å². The van der Waals surface area contributed by atoms with Crippen molar-refractivity contribution in [3.8, 4) is 0 Å². The molecule has 0 aliphatic carbocycles. The molecule has 2 amide bonds. The van der Waals surface area contributed by atoms with Crippen LogP contribution in [0.4, 0.5) is 5.82 Å². The van der Waals surface area contributed by atoms with Crippen molar-refractivity contribution in [2.75, 3.05) is 11.9 Å². The summed E-state index contributed by atoms with van der Waals surface area (Å²) in [5.74, 6) is -0.521. The molecule has 4 aromatic rings. The van der Waals surface area contributed by atoms with Gasteiger partial charge in [-0.2, -0.15) is 5.10 Å². The molecule has 2 aromatic heterocycles. The molecule has 3 N–H and O–H groups in total. The van der Waals surface area contributed by atoms with Crippen molar-refractivity contribution in [3.05, 3.63) is 94.4 Å². The number of amides is 2. The fourth-order valence-electron chi connectivity index (χ4n) is 3.10. The molecule has 0 saturated carbocycles. The van der Waals surface area contributed by atoms with Crippen LogP contribution in [0.2, 0.25) is 0 Å². The molecule has 0 fully saturated rings. The van der Waals surface area contributed by atoms with Gasteiger partial charge in [-0.1, -0.05) is 42.5 Å². The summed E-state index contributed by atoms with van der Waals surface area (Å²) in [5, 5.41) is 9.84. The standard InChI is InChI=1S/C22H19N5O3/c28-20(26-19-10-11-25-27(19)14-15-6-2-1-3-7-15)13-24-22(30)17-12-23-18-9-5-4-8-16(18)21(17)29/h1-12H,13-14H2,(H,23,29)(H,24,30)(H,26,28). The summed E-state index contributed by atoms with van der Waals surface area (Å²) in [5.41, 5.74) is 1.25. The van der Waals surface area contributed by atoms with E-state index in [0.29, 0.717) is 23.3 Å². The van der Waals surface area contributed by atoms with Crippen molar-refractivity contribution >= 4 is 28.5 Å². The van der Waals surface area contributed by atoms with Crippen molar-refractivity contribution in [1.29, 1.82) is 0 Å². The third-order valence-electron chi connectivity index (χ3n) is 4.60. The van der Waals surface area contributed by atoms with E-state index < -0.39 is 11.8 Å². The average molecular weight is 401 g/mol. The van der Waals surface area contributed by atoms with Gasteiger partial charge in [-0.15, -0.1) is 0 Å². The molecule has 0 bridgehead atoms. The molecule has 8 nitrogen and oxygen atoms in total. The zero-order chi connectivity index (χ0) is 20.9. The Morgan fingerprint density at radius 2 is 1.77 bits per heavy atom. The Morgan fingerprint density at radius 1 is 1.00 bits per heavy atom. The Morgan fingerprint density at radius 3 is 2.60 bits per heavy atom. The van der Waals surface area contributed by atoms with Crippen molar-refractivity contribution in [2.45, 2.75) is 6.54 Å². The lowest BCUT2D eigenvalue weighted by Crippen LogP contribution is -2.35. The van der Waals surface area contributed by atoms with Crippen LogP contribution in [0.1, 0.15) is 15.9 Å². The van der Waals surface area contributed by atoms with E-state index in [-0.39, 0.29) is 17.5 Å². The lowest BCUT2D eigenvalue weighted by molar-refractivity contribution is -0.115. The summed E-state index contributed by atoms with van der Waals surface area (Å²) in [6.07, 6.45) is 2.94. The van der Waals surface area contributed by atoms with E-state index in [1.54, 1.807) is 41.2 Å². The van der Waals surface area contributed by atoms with Gasteiger partial charge in [-0.3, -0.25) is 14.4 Å². The molecule has 0 aliphatic heterocycles. The van der Waals surface area contributed by atoms with Crippen LogP contribution in [0.25, 0.3) is 10.9 Å². The molecule has 0 atom stereocenters. The third kappa shape index (κ3) is 4.12. The lowest BCUT2D eigenvalue weighted by Gasteiger charge is -2.10. The van der Waals surface area contributed by atoms with Gasteiger partial charge in [-0.25, -0.2) is 4.68 Å². The molecule has 8 heteroatoms. The fraction of sp³-hybridized carbons (Fsp3) is 0.0909. The topological polar surface area (TPSA) is 109 Å². The molecule has 2 heterocycles. The number of nitrogens with one attached hydrogen (secondary N) is 3. The largest absolute Gasteiger partial charge is 0.360 e. The van der Waals surface area contributed by atoms with Gasteiger partial charge in [0.05, 0.1) is 19.3 Å². The van der Waals surface area contributed by atoms with Gasteiger partial charge in [0.15, 0.2) is 0 Å². The highest BCUT2D eigenvalue weighted by Gasteiger charge is 2.14. The number of nitrogens with zero attached hydrogens (tertiary/aromatic N) is 2. The molecule has 150 valence electrons. The number of pyridine rings is 1. The van der Waals surface area contributed by atoms with Gasteiger partial charge in [0.25, 0.3) is 5.91 Å².